The third-order valence-corrected chi connectivity index (χ3v) is 18.5. The van der Waals surface area contributed by atoms with Gasteiger partial charge in [0.05, 0.1) is 5.41 Å². The third kappa shape index (κ3) is 7.11. The first-order chi connectivity index (χ1) is 37.7. The van der Waals surface area contributed by atoms with Crippen LogP contribution in [0.5, 0.6) is 0 Å². The van der Waals surface area contributed by atoms with Gasteiger partial charge >= 0.3 is 0 Å². The summed E-state index contributed by atoms with van der Waals surface area (Å²) < 4.78 is 5.27. The van der Waals surface area contributed by atoms with Crippen LogP contribution in [0.3, 0.4) is 0 Å². The summed E-state index contributed by atoms with van der Waals surface area (Å²) in [4.78, 5) is 2.47. The molecule has 0 aliphatic heterocycles. The van der Waals surface area contributed by atoms with Gasteiger partial charge in [0.25, 0.3) is 0 Å². The number of benzene rings is 11. The Hall–Kier alpha value is -8.86. The highest BCUT2D eigenvalue weighted by Gasteiger charge is 2.47. The van der Waals surface area contributed by atoms with Crippen LogP contribution in [0.15, 0.2) is 279 Å². The summed E-state index contributed by atoms with van der Waals surface area (Å²) in [5.41, 5.74) is 20.6. The highest BCUT2D eigenvalue weighted by Crippen LogP contribution is 2.59. The number of anilines is 3. The molecule has 0 N–H and O–H groups in total. The Kier molecular flexibility index (Phi) is 10.7. The molecule has 76 heavy (non-hydrogen) atoms. The van der Waals surface area contributed by atoms with Crippen molar-refractivity contribution in [3.8, 4) is 55.6 Å². The Morgan fingerprint density at radius 2 is 0.868 bits per heavy atom. The lowest BCUT2D eigenvalue weighted by Crippen LogP contribution is -2.30. The minimum Gasteiger partial charge on any atom is -0.310 e. The molecule has 2 aromatic heterocycles. The molecule has 0 bridgehead atoms. The summed E-state index contributed by atoms with van der Waals surface area (Å²) in [5.74, 6) is 0. The zero-order chi connectivity index (χ0) is 50.2. The normalized spacial score (nSPS) is 14.8. The van der Waals surface area contributed by atoms with Crippen molar-refractivity contribution in [2.45, 2.75) is 18.3 Å². The Labute approximate surface area is 451 Å². The van der Waals surface area contributed by atoms with Crippen LogP contribution >= 0.6 is 22.7 Å². The minimum atomic E-state index is -0.443. The van der Waals surface area contributed by atoms with Crippen LogP contribution in [0, 0.1) is 0 Å². The summed E-state index contributed by atoms with van der Waals surface area (Å²) in [6.07, 6.45) is 8.98. The fraction of sp³-hybridized carbons (Fsp3) is 0.0411. The van der Waals surface area contributed by atoms with Gasteiger partial charge in [-0.2, -0.15) is 0 Å². The number of allylic oxidation sites excluding steroid dienone is 4. The molecule has 2 aliphatic carbocycles. The standard InChI is InChI=1S/C73H49NS2/c1-4-19-48(20-5-1)50-21-16-26-55(45-50)74(56-42-44-59-58-27-10-13-34-67(58)73(68(59)47-56,52-22-6-2-7-23-52)53-24-8-3-9-25-53)54-40-37-49(38-41-54)51-39-43-57(62-30-17-31-63-60-28-11-14-35-69(60)75-71(62)63)66(46-51)65-33-18-32-64-61-29-12-15-36-70(61)76-72(64)65/h1-8,10-24,26-47H,9,25H2. The Bertz CT molecular complexity index is 4460. The van der Waals surface area contributed by atoms with Crippen LogP contribution in [-0.2, 0) is 5.41 Å². The van der Waals surface area contributed by atoms with Crippen molar-refractivity contribution in [3.63, 3.8) is 0 Å². The summed E-state index contributed by atoms with van der Waals surface area (Å²) in [5, 5.41) is 5.24. The lowest BCUT2D eigenvalue weighted by Gasteiger charge is -2.37. The second kappa shape index (κ2) is 18.2. The maximum Gasteiger partial charge on any atom is 0.0677 e. The number of thiophene rings is 2. The van der Waals surface area contributed by atoms with Crippen molar-refractivity contribution in [2.75, 3.05) is 4.90 Å². The molecular weight excluding hydrogens is 955 g/mol. The van der Waals surface area contributed by atoms with Crippen LogP contribution in [0.1, 0.15) is 29.5 Å². The van der Waals surface area contributed by atoms with Gasteiger partial charge in [0.1, 0.15) is 0 Å². The van der Waals surface area contributed by atoms with Gasteiger partial charge in [-0.3, -0.25) is 0 Å². The molecule has 3 heteroatoms. The number of fused-ring (bicyclic) bond motifs is 9. The van der Waals surface area contributed by atoms with E-state index in [2.05, 4.69) is 278 Å². The predicted octanol–water partition coefficient (Wildman–Crippen LogP) is 21.2. The average Bonchev–Trinajstić information content (AvgIpc) is 4.21. The number of hydrogen-bond acceptors (Lipinski definition) is 3. The lowest BCUT2D eigenvalue weighted by molar-refractivity contribution is 0.693. The minimum absolute atomic E-state index is 0.443. The molecule has 13 aromatic rings. The molecule has 0 amide bonds. The van der Waals surface area contributed by atoms with Crippen molar-refractivity contribution in [3.05, 3.63) is 295 Å². The molecule has 11 aromatic carbocycles. The number of hydrogen-bond donors (Lipinski definition) is 0. The van der Waals surface area contributed by atoms with Gasteiger partial charge in [-0.15, -0.1) is 22.7 Å². The Balaban J connectivity index is 0.906. The van der Waals surface area contributed by atoms with E-state index in [1.54, 1.807) is 0 Å². The van der Waals surface area contributed by atoms with E-state index >= 15 is 0 Å². The maximum atomic E-state index is 2.50. The van der Waals surface area contributed by atoms with Gasteiger partial charge in [0, 0.05) is 68.5 Å². The average molecular weight is 1000 g/mol. The van der Waals surface area contributed by atoms with Gasteiger partial charge < -0.3 is 4.90 Å². The maximum absolute atomic E-state index is 2.50. The van der Waals surface area contributed by atoms with Gasteiger partial charge in [-0.25, -0.2) is 0 Å². The first-order valence-electron chi connectivity index (χ1n) is 26.4. The van der Waals surface area contributed by atoms with E-state index < -0.39 is 5.41 Å². The van der Waals surface area contributed by atoms with Crippen LogP contribution < -0.4 is 4.90 Å². The molecule has 0 fully saturated rings. The van der Waals surface area contributed by atoms with Gasteiger partial charge in [0.2, 0.25) is 0 Å². The summed E-state index contributed by atoms with van der Waals surface area (Å²) in [7, 11) is 0. The van der Waals surface area contributed by atoms with E-state index in [4.69, 9.17) is 0 Å². The molecule has 1 unspecified atom stereocenters. The smallest absolute Gasteiger partial charge is 0.0677 e. The van der Waals surface area contributed by atoms with E-state index in [0.717, 1.165) is 29.9 Å². The van der Waals surface area contributed by atoms with Crippen LogP contribution in [0.4, 0.5) is 17.1 Å². The van der Waals surface area contributed by atoms with E-state index in [1.807, 2.05) is 22.7 Å². The van der Waals surface area contributed by atoms with E-state index in [-0.39, 0.29) is 0 Å². The van der Waals surface area contributed by atoms with E-state index in [1.165, 1.54) is 118 Å². The predicted molar refractivity (Wildman–Crippen MR) is 327 cm³/mol. The molecule has 2 aliphatic rings. The summed E-state index contributed by atoms with van der Waals surface area (Å²) in [6.45, 7) is 0. The van der Waals surface area contributed by atoms with Crippen LogP contribution in [0.2, 0.25) is 0 Å². The van der Waals surface area contributed by atoms with Crippen LogP contribution in [0.25, 0.3) is 96.0 Å². The Morgan fingerprint density at radius 1 is 0.342 bits per heavy atom. The van der Waals surface area contributed by atoms with E-state index in [9.17, 15) is 0 Å². The Morgan fingerprint density at radius 3 is 1.59 bits per heavy atom. The lowest BCUT2D eigenvalue weighted by atomic mass is 9.65. The SMILES string of the molecule is C1=CCCC(C2(c3ccccc3)c3ccccc3-c3ccc(N(c4ccc(-c5ccc(-c6cccc7c6sc6ccccc67)c(-c6cccc7c6sc6ccccc67)c5)cc4)c4cccc(-c5ccccc5)c4)cc32)=C1. The zero-order valence-electron chi connectivity index (χ0n) is 41.7. The first kappa shape index (κ1) is 44.6. The van der Waals surface area contributed by atoms with E-state index in [0.29, 0.717) is 0 Å². The molecule has 0 saturated heterocycles. The van der Waals surface area contributed by atoms with Crippen molar-refractivity contribution in [1.82, 2.24) is 0 Å². The zero-order valence-corrected chi connectivity index (χ0v) is 43.3. The van der Waals surface area contributed by atoms with Gasteiger partial charge in [-0.05, 0) is 129 Å². The highest BCUT2D eigenvalue weighted by molar-refractivity contribution is 7.26. The topological polar surface area (TPSA) is 3.24 Å². The summed E-state index contributed by atoms with van der Waals surface area (Å²) >= 11 is 3.79. The quantitative estimate of drug-likeness (QED) is 0.139. The molecule has 358 valence electrons. The van der Waals surface area contributed by atoms with Crippen molar-refractivity contribution in [2.24, 2.45) is 0 Å². The molecule has 0 spiro atoms. The van der Waals surface area contributed by atoms with Crippen molar-refractivity contribution in [1.29, 1.82) is 0 Å². The molecular formula is C73H49NS2. The number of rotatable bonds is 9. The molecule has 0 radical (unpaired) electrons. The number of nitrogens with zero attached hydrogens (tertiary/aromatic N) is 1. The van der Waals surface area contributed by atoms with Gasteiger partial charge in [-0.1, -0.05) is 224 Å². The molecule has 0 saturated carbocycles. The largest absolute Gasteiger partial charge is 0.310 e. The third-order valence-electron chi connectivity index (χ3n) is 16.1. The molecule has 1 atom stereocenters. The molecule has 15 rings (SSSR count). The fourth-order valence-corrected chi connectivity index (χ4v) is 15.1. The summed E-state index contributed by atoms with van der Waals surface area (Å²) in [6, 6.07) is 95.2. The first-order valence-corrected chi connectivity index (χ1v) is 28.0. The van der Waals surface area contributed by atoms with Crippen molar-refractivity contribution >= 4 is 80.1 Å². The van der Waals surface area contributed by atoms with Crippen LogP contribution in [-0.4, -0.2) is 0 Å². The monoisotopic (exact) mass is 1000 g/mol. The fourth-order valence-electron chi connectivity index (χ4n) is 12.7. The molecule has 1 nitrogen and oxygen atoms in total. The second-order valence-corrected chi connectivity index (χ2v) is 22.3. The van der Waals surface area contributed by atoms with Crippen molar-refractivity contribution < 1.29 is 0 Å². The second-order valence-electron chi connectivity index (χ2n) is 20.2. The highest BCUT2D eigenvalue weighted by atomic mass is 32.1. The molecule has 2 heterocycles. The van der Waals surface area contributed by atoms with Gasteiger partial charge in [0.15, 0.2) is 0 Å².